The van der Waals surface area contributed by atoms with Crippen molar-refractivity contribution in [3.63, 3.8) is 0 Å². The Hall–Kier alpha value is -1.42. The first kappa shape index (κ1) is 12.0. The highest BCUT2D eigenvalue weighted by atomic mass is 16.4. The van der Waals surface area contributed by atoms with Crippen molar-refractivity contribution in [3.8, 4) is 0 Å². The van der Waals surface area contributed by atoms with E-state index in [1.165, 1.54) is 0 Å². The number of likely N-dealkylation sites (tertiary alicyclic amines) is 1. The minimum absolute atomic E-state index is 0.214. The average Bonchev–Trinajstić information content (AvgIpc) is 2.29. The molecule has 1 saturated heterocycles. The summed E-state index contributed by atoms with van der Waals surface area (Å²) in [5, 5.41) is 9.02. The molecular formula is C13H18N2O2. The van der Waals surface area contributed by atoms with E-state index in [9.17, 15) is 4.79 Å². The van der Waals surface area contributed by atoms with E-state index in [1.807, 2.05) is 25.1 Å². The fourth-order valence-electron chi connectivity index (χ4n) is 2.32. The smallest absolute Gasteiger partial charge is 0.307 e. The van der Waals surface area contributed by atoms with E-state index in [-0.39, 0.29) is 5.92 Å². The van der Waals surface area contributed by atoms with Crippen molar-refractivity contribution in [1.29, 1.82) is 0 Å². The van der Waals surface area contributed by atoms with Crippen molar-refractivity contribution in [3.05, 3.63) is 29.6 Å². The summed E-state index contributed by atoms with van der Waals surface area (Å²) >= 11 is 0. The predicted molar refractivity (Wildman–Crippen MR) is 64.6 cm³/mol. The summed E-state index contributed by atoms with van der Waals surface area (Å²) in [6.45, 7) is 4.34. The molecule has 2 heterocycles. The Balaban J connectivity index is 1.97. The van der Waals surface area contributed by atoms with E-state index in [4.69, 9.17) is 5.11 Å². The lowest BCUT2D eigenvalue weighted by Gasteiger charge is -2.30. The van der Waals surface area contributed by atoms with Crippen molar-refractivity contribution in [1.82, 2.24) is 9.88 Å². The summed E-state index contributed by atoms with van der Waals surface area (Å²) in [6, 6.07) is 5.97. The van der Waals surface area contributed by atoms with Gasteiger partial charge in [0, 0.05) is 18.8 Å². The Bertz CT molecular complexity index is 406. The predicted octanol–water partition coefficient (Wildman–Crippen LogP) is 1.69. The first-order chi connectivity index (χ1) is 8.15. The second kappa shape index (κ2) is 5.27. The zero-order chi connectivity index (χ0) is 12.3. The maximum atomic E-state index is 11.0. The topological polar surface area (TPSA) is 53.4 Å². The van der Waals surface area contributed by atoms with Gasteiger partial charge in [-0.3, -0.25) is 14.7 Å². The molecule has 0 spiro atoms. The van der Waals surface area contributed by atoms with Crippen LogP contribution in [0.15, 0.2) is 18.2 Å². The van der Waals surface area contributed by atoms with E-state index in [2.05, 4.69) is 9.88 Å². The van der Waals surface area contributed by atoms with Crippen LogP contribution in [0.2, 0.25) is 0 Å². The third kappa shape index (κ3) is 3.27. The molecule has 0 bridgehead atoms. The fraction of sp³-hybridized carbons (Fsp3) is 0.538. The van der Waals surface area contributed by atoms with Crippen LogP contribution in [-0.4, -0.2) is 34.0 Å². The van der Waals surface area contributed by atoms with Gasteiger partial charge in [-0.2, -0.15) is 0 Å². The molecule has 0 radical (unpaired) electrons. The average molecular weight is 234 g/mol. The zero-order valence-electron chi connectivity index (χ0n) is 10.1. The van der Waals surface area contributed by atoms with Gasteiger partial charge in [0.2, 0.25) is 0 Å². The number of nitrogens with zero attached hydrogens (tertiary/aromatic N) is 2. The first-order valence-electron chi connectivity index (χ1n) is 6.03. The molecule has 1 N–H and O–H groups in total. The fourth-order valence-corrected chi connectivity index (χ4v) is 2.32. The van der Waals surface area contributed by atoms with E-state index in [0.29, 0.717) is 6.54 Å². The summed E-state index contributed by atoms with van der Waals surface area (Å²) in [7, 11) is 0. The molecule has 4 heteroatoms. The normalized spacial score (nSPS) is 21.4. The molecule has 92 valence electrons. The Morgan fingerprint density at radius 1 is 1.59 bits per heavy atom. The summed E-state index contributed by atoms with van der Waals surface area (Å²) in [5.74, 6) is -0.888. The van der Waals surface area contributed by atoms with Gasteiger partial charge >= 0.3 is 5.97 Å². The molecule has 0 aliphatic carbocycles. The van der Waals surface area contributed by atoms with Crippen LogP contribution in [0, 0.1) is 12.8 Å². The van der Waals surface area contributed by atoms with Crippen LogP contribution in [-0.2, 0) is 11.3 Å². The van der Waals surface area contributed by atoms with Crippen LogP contribution in [0.1, 0.15) is 24.2 Å². The summed E-state index contributed by atoms with van der Waals surface area (Å²) in [4.78, 5) is 17.6. The molecule has 0 aromatic carbocycles. The molecule has 1 aromatic heterocycles. The number of piperidine rings is 1. The van der Waals surface area contributed by atoms with E-state index < -0.39 is 5.97 Å². The minimum atomic E-state index is -0.674. The molecule has 1 aromatic rings. The molecule has 1 aliphatic rings. The number of pyridine rings is 1. The van der Waals surface area contributed by atoms with Gasteiger partial charge in [0.25, 0.3) is 0 Å². The molecule has 1 unspecified atom stereocenters. The molecular weight excluding hydrogens is 216 g/mol. The Morgan fingerprint density at radius 3 is 3.12 bits per heavy atom. The maximum absolute atomic E-state index is 11.0. The van der Waals surface area contributed by atoms with Crippen LogP contribution in [0.3, 0.4) is 0 Å². The van der Waals surface area contributed by atoms with Crippen LogP contribution >= 0.6 is 0 Å². The lowest BCUT2D eigenvalue weighted by molar-refractivity contribution is -0.143. The van der Waals surface area contributed by atoms with Gasteiger partial charge < -0.3 is 5.11 Å². The number of aliphatic carboxylic acids is 1. The highest BCUT2D eigenvalue weighted by Crippen LogP contribution is 2.18. The second-order valence-electron chi connectivity index (χ2n) is 4.68. The molecule has 4 nitrogen and oxygen atoms in total. The number of aromatic nitrogens is 1. The number of carboxylic acids is 1. The highest BCUT2D eigenvalue weighted by Gasteiger charge is 2.25. The van der Waals surface area contributed by atoms with Crippen molar-refractivity contribution in [2.24, 2.45) is 5.92 Å². The number of aryl methyl sites for hydroxylation is 1. The Labute approximate surface area is 101 Å². The number of rotatable bonds is 3. The van der Waals surface area contributed by atoms with Gasteiger partial charge in [0.05, 0.1) is 11.6 Å². The molecule has 0 saturated carbocycles. The van der Waals surface area contributed by atoms with Crippen LogP contribution < -0.4 is 0 Å². The largest absolute Gasteiger partial charge is 0.481 e. The van der Waals surface area contributed by atoms with Crippen molar-refractivity contribution < 1.29 is 9.90 Å². The second-order valence-corrected chi connectivity index (χ2v) is 4.68. The minimum Gasteiger partial charge on any atom is -0.481 e. The van der Waals surface area contributed by atoms with Gasteiger partial charge in [0.1, 0.15) is 0 Å². The lowest BCUT2D eigenvalue weighted by Crippen LogP contribution is -2.38. The first-order valence-corrected chi connectivity index (χ1v) is 6.03. The SMILES string of the molecule is Cc1cccc(CN2CCCC(C(=O)O)C2)n1. The quantitative estimate of drug-likeness (QED) is 0.864. The maximum Gasteiger partial charge on any atom is 0.307 e. The lowest BCUT2D eigenvalue weighted by atomic mass is 9.98. The summed E-state index contributed by atoms with van der Waals surface area (Å²) in [5.41, 5.74) is 2.03. The summed E-state index contributed by atoms with van der Waals surface area (Å²) in [6.07, 6.45) is 1.76. The van der Waals surface area contributed by atoms with Crippen LogP contribution in [0.25, 0.3) is 0 Å². The molecule has 2 rings (SSSR count). The van der Waals surface area contributed by atoms with Gasteiger partial charge in [-0.1, -0.05) is 6.07 Å². The number of carbonyl (C=O) groups is 1. The molecule has 0 amide bonds. The Kier molecular flexibility index (Phi) is 3.74. The molecule has 17 heavy (non-hydrogen) atoms. The molecule has 1 fully saturated rings. The number of hydrogen-bond acceptors (Lipinski definition) is 3. The van der Waals surface area contributed by atoms with E-state index >= 15 is 0 Å². The van der Waals surface area contributed by atoms with Gasteiger partial charge in [0.15, 0.2) is 0 Å². The van der Waals surface area contributed by atoms with Crippen molar-refractivity contribution in [2.75, 3.05) is 13.1 Å². The monoisotopic (exact) mass is 234 g/mol. The van der Waals surface area contributed by atoms with Crippen molar-refractivity contribution >= 4 is 5.97 Å². The molecule has 1 atom stereocenters. The van der Waals surface area contributed by atoms with Gasteiger partial charge in [-0.15, -0.1) is 0 Å². The highest BCUT2D eigenvalue weighted by molar-refractivity contribution is 5.70. The van der Waals surface area contributed by atoms with E-state index in [0.717, 1.165) is 37.3 Å². The number of hydrogen-bond donors (Lipinski definition) is 1. The van der Waals surface area contributed by atoms with Crippen LogP contribution in [0.4, 0.5) is 0 Å². The zero-order valence-corrected chi connectivity index (χ0v) is 10.1. The van der Waals surface area contributed by atoms with Crippen LogP contribution in [0.5, 0.6) is 0 Å². The van der Waals surface area contributed by atoms with E-state index in [1.54, 1.807) is 0 Å². The third-order valence-corrected chi connectivity index (χ3v) is 3.19. The Morgan fingerprint density at radius 2 is 2.41 bits per heavy atom. The number of carboxylic acid groups (broad SMARTS) is 1. The third-order valence-electron chi connectivity index (χ3n) is 3.19. The molecule has 1 aliphatic heterocycles. The summed E-state index contributed by atoms with van der Waals surface area (Å²) < 4.78 is 0. The van der Waals surface area contributed by atoms with Crippen molar-refractivity contribution in [2.45, 2.75) is 26.3 Å². The van der Waals surface area contributed by atoms with Gasteiger partial charge in [-0.05, 0) is 38.4 Å². The van der Waals surface area contributed by atoms with Gasteiger partial charge in [-0.25, -0.2) is 0 Å². The standard InChI is InChI=1S/C13H18N2O2/c1-10-4-2-6-12(14-10)9-15-7-3-5-11(8-15)13(16)17/h2,4,6,11H,3,5,7-9H2,1H3,(H,16,17).